The molecule has 0 atom stereocenters. The van der Waals surface area contributed by atoms with Gasteiger partial charge in [-0.1, -0.05) is 12.1 Å². The molecule has 0 saturated carbocycles. The molecule has 3 aromatic rings. The highest BCUT2D eigenvalue weighted by Crippen LogP contribution is 2.09. The number of hydrogen-bond donors (Lipinski definition) is 2. The topological polar surface area (TPSA) is 88.5 Å². The predicted octanol–water partition coefficient (Wildman–Crippen LogP) is 1.61. The second-order valence-electron chi connectivity index (χ2n) is 4.68. The molecule has 2 heterocycles. The Morgan fingerprint density at radius 1 is 1.33 bits per heavy atom. The summed E-state index contributed by atoms with van der Waals surface area (Å²) in [5, 5.41) is 13.5. The molecule has 3 rings (SSSR count). The molecule has 0 fully saturated rings. The van der Waals surface area contributed by atoms with E-state index >= 15 is 0 Å². The molecule has 0 aliphatic carbocycles. The lowest BCUT2D eigenvalue weighted by molar-refractivity contribution is 0.102. The lowest BCUT2D eigenvalue weighted by Gasteiger charge is -2.04. The molecular weight excluding hydrogens is 268 g/mol. The van der Waals surface area contributed by atoms with Gasteiger partial charge >= 0.3 is 0 Å². The second kappa shape index (κ2) is 5.58. The zero-order valence-electron chi connectivity index (χ0n) is 11.4. The molecular formula is C14H14N6O. The Morgan fingerprint density at radius 3 is 2.76 bits per heavy atom. The Bertz CT molecular complexity index is 729. The molecule has 0 radical (unpaired) electrons. The monoisotopic (exact) mass is 282 g/mol. The molecule has 0 bridgehead atoms. The van der Waals surface area contributed by atoms with E-state index in [4.69, 9.17) is 0 Å². The van der Waals surface area contributed by atoms with E-state index in [0.29, 0.717) is 17.9 Å². The van der Waals surface area contributed by atoms with E-state index in [9.17, 15) is 4.79 Å². The largest absolute Gasteiger partial charge is 0.305 e. The number of hydrogen-bond acceptors (Lipinski definition) is 4. The van der Waals surface area contributed by atoms with Crippen LogP contribution in [0.4, 0.5) is 5.82 Å². The Hall–Kier alpha value is -2.96. The van der Waals surface area contributed by atoms with Gasteiger partial charge in [0.2, 0.25) is 0 Å². The summed E-state index contributed by atoms with van der Waals surface area (Å²) < 4.78 is 1.72. The van der Waals surface area contributed by atoms with Crippen LogP contribution in [-0.2, 0) is 6.54 Å². The third-order valence-electron chi connectivity index (χ3n) is 2.97. The standard InChI is InChI=1S/C14H14N6O/c1-10-6-13(19-18-10)17-14(21)12-4-2-11(3-5-12)7-20-9-15-8-16-20/h2-6,8-9H,7H2,1H3,(H2,17,18,19,21). The first-order valence-electron chi connectivity index (χ1n) is 6.45. The van der Waals surface area contributed by atoms with Gasteiger partial charge in [-0.15, -0.1) is 0 Å². The first-order valence-corrected chi connectivity index (χ1v) is 6.45. The number of nitrogens with zero attached hydrogens (tertiary/aromatic N) is 4. The number of carbonyl (C=O) groups is 1. The Balaban J connectivity index is 1.67. The van der Waals surface area contributed by atoms with Crippen molar-refractivity contribution in [1.29, 1.82) is 0 Å². The maximum Gasteiger partial charge on any atom is 0.256 e. The molecule has 7 nitrogen and oxygen atoms in total. The Morgan fingerprint density at radius 2 is 2.14 bits per heavy atom. The summed E-state index contributed by atoms with van der Waals surface area (Å²) in [4.78, 5) is 15.9. The quantitative estimate of drug-likeness (QED) is 0.761. The number of aromatic amines is 1. The molecule has 0 aliphatic heterocycles. The van der Waals surface area contributed by atoms with Gasteiger partial charge in [-0.25, -0.2) is 9.67 Å². The summed E-state index contributed by atoms with van der Waals surface area (Å²) in [6.07, 6.45) is 3.15. The molecule has 2 aromatic heterocycles. The molecule has 0 spiro atoms. The van der Waals surface area contributed by atoms with E-state index in [1.165, 1.54) is 6.33 Å². The number of aromatic nitrogens is 5. The maximum absolute atomic E-state index is 12.1. The summed E-state index contributed by atoms with van der Waals surface area (Å²) in [5.74, 6) is 0.331. The molecule has 1 aromatic carbocycles. The minimum atomic E-state index is -0.186. The van der Waals surface area contributed by atoms with Crippen LogP contribution in [0.5, 0.6) is 0 Å². The molecule has 21 heavy (non-hydrogen) atoms. The normalized spacial score (nSPS) is 10.5. The molecule has 7 heteroatoms. The number of nitrogens with one attached hydrogen (secondary N) is 2. The average molecular weight is 282 g/mol. The van der Waals surface area contributed by atoms with Crippen LogP contribution in [0, 0.1) is 6.92 Å². The first-order chi connectivity index (χ1) is 10.2. The number of carbonyl (C=O) groups excluding carboxylic acids is 1. The molecule has 106 valence electrons. The van der Waals surface area contributed by atoms with Gasteiger partial charge in [0.05, 0.1) is 6.54 Å². The van der Waals surface area contributed by atoms with Crippen LogP contribution in [0.3, 0.4) is 0 Å². The van der Waals surface area contributed by atoms with Crippen molar-refractivity contribution in [2.24, 2.45) is 0 Å². The molecule has 0 saturated heterocycles. The zero-order valence-corrected chi connectivity index (χ0v) is 11.4. The van der Waals surface area contributed by atoms with Gasteiger partial charge in [0, 0.05) is 17.3 Å². The number of rotatable bonds is 4. The minimum absolute atomic E-state index is 0.186. The fraction of sp³-hybridized carbons (Fsp3) is 0.143. The Kier molecular flexibility index (Phi) is 3.46. The van der Waals surface area contributed by atoms with Gasteiger partial charge in [-0.2, -0.15) is 10.2 Å². The highest BCUT2D eigenvalue weighted by molar-refractivity contribution is 6.03. The van der Waals surface area contributed by atoms with E-state index in [-0.39, 0.29) is 5.91 Å². The summed E-state index contributed by atoms with van der Waals surface area (Å²) >= 11 is 0. The van der Waals surface area contributed by atoms with E-state index in [2.05, 4.69) is 25.6 Å². The fourth-order valence-corrected chi connectivity index (χ4v) is 1.93. The summed E-state index contributed by atoms with van der Waals surface area (Å²) in [6, 6.07) is 9.12. The van der Waals surface area contributed by atoms with Crippen LogP contribution in [0.2, 0.25) is 0 Å². The predicted molar refractivity (Wildman–Crippen MR) is 76.8 cm³/mol. The smallest absolute Gasteiger partial charge is 0.256 e. The zero-order chi connectivity index (χ0) is 14.7. The van der Waals surface area contributed by atoms with Crippen molar-refractivity contribution in [2.45, 2.75) is 13.5 Å². The van der Waals surface area contributed by atoms with E-state index in [1.807, 2.05) is 19.1 Å². The van der Waals surface area contributed by atoms with Gasteiger partial charge in [-0.05, 0) is 24.6 Å². The number of anilines is 1. The van der Waals surface area contributed by atoms with Crippen molar-refractivity contribution < 1.29 is 4.79 Å². The highest BCUT2D eigenvalue weighted by atomic mass is 16.1. The molecule has 0 unspecified atom stereocenters. The van der Waals surface area contributed by atoms with Gasteiger partial charge < -0.3 is 5.32 Å². The van der Waals surface area contributed by atoms with Crippen molar-refractivity contribution in [3.63, 3.8) is 0 Å². The minimum Gasteiger partial charge on any atom is -0.305 e. The van der Waals surface area contributed by atoms with E-state index in [1.54, 1.807) is 29.2 Å². The SMILES string of the molecule is Cc1cc(NC(=O)c2ccc(Cn3cncn3)cc2)n[nH]1. The van der Waals surface area contributed by atoms with Crippen LogP contribution in [0.1, 0.15) is 21.6 Å². The first kappa shape index (κ1) is 13.0. The van der Waals surface area contributed by atoms with Crippen LogP contribution in [0.25, 0.3) is 0 Å². The Labute approximate surface area is 121 Å². The number of amides is 1. The third kappa shape index (κ3) is 3.14. The average Bonchev–Trinajstić information content (AvgIpc) is 3.12. The second-order valence-corrected chi connectivity index (χ2v) is 4.68. The number of H-pyrrole nitrogens is 1. The fourth-order valence-electron chi connectivity index (χ4n) is 1.93. The number of aryl methyl sites for hydroxylation is 1. The van der Waals surface area contributed by atoms with Crippen molar-refractivity contribution in [3.8, 4) is 0 Å². The van der Waals surface area contributed by atoms with Crippen molar-refractivity contribution >= 4 is 11.7 Å². The third-order valence-corrected chi connectivity index (χ3v) is 2.97. The summed E-state index contributed by atoms with van der Waals surface area (Å²) in [7, 11) is 0. The van der Waals surface area contributed by atoms with Gasteiger partial charge in [0.15, 0.2) is 5.82 Å². The number of benzene rings is 1. The van der Waals surface area contributed by atoms with Crippen molar-refractivity contribution in [1.82, 2.24) is 25.0 Å². The van der Waals surface area contributed by atoms with Crippen molar-refractivity contribution in [2.75, 3.05) is 5.32 Å². The highest BCUT2D eigenvalue weighted by Gasteiger charge is 2.08. The van der Waals surface area contributed by atoms with Crippen LogP contribution in [-0.4, -0.2) is 30.9 Å². The molecule has 0 aliphatic rings. The van der Waals surface area contributed by atoms with E-state index < -0.39 is 0 Å². The lowest BCUT2D eigenvalue weighted by atomic mass is 10.1. The van der Waals surface area contributed by atoms with Crippen LogP contribution < -0.4 is 5.32 Å². The van der Waals surface area contributed by atoms with Crippen LogP contribution >= 0.6 is 0 Å². The summed E-state index contributed by atoms with van der Waals surface area (Å²) in [6.45, 7) is 2.50. The molecule has 1 amide bonds. The lowest BCUT2D eigenvalue weighted by Crippen LogP contribution is -2.12. The van der Waals surface area contributed by atoms with Crippen LogP contribution in [0.15, 0.2) is 43.0 Å². The summed E-state index contributed by atoms with van der Waals surface area (Å²) in [5.41, 5.74) is 2.53. The van der Waals surface area contributed by atoms with E-state index in [0.717, 1.165) is 11.3 Å². The van der Waals surface area contributed by atoms with Gasteiger partial charge in [-0.3, -0.25) is 9.89 Å². The molecule has 2 N–H and O–H groups in total. The maximum atomic E-state index is 12.1. The van der Waals surface area contributed by atoms with Gasteiger partial charge in [0.25, 0.3) is 5.91 Å². The van der Waals surface area contributed by atoms with Gasteiger partial charge in [0.1, 0.15) is 12.7 Å². The van der Waals surface area contributed by atoms with Crippen molar-refractivity contribution in [3.05, 3.63) is 59.8 Å².